The second-order valence-corrected chi connectivity index (χ2v) is 6.53. The molecule has 0 bridgehead atoms. The van der Waals surface area contributed by atoms with Gasteiger partial charge in [-0.05, 0) is 24.5 Å². The quantitative estimate of drug-likeness (QED) is 0.204. The SMILES string of the molecule is CCNC(=NCC(O)(Cc1ccccc1)c1ccccc1)NCCCOC.I. The molecule has 0 fully saturated rings. The monoisotopic (exact) mass is 497 g/mol. The summed E-state index contributed by atoms with van der Waals surface area (Å²) in [5.74, 6) is 0.705. The molecular weight excluding hydrogens is 465 g/mol. The van der Waals surface area contributed by atoms with Crippen molar-refractivity contribution in [1.82, 2.24) is 10.6 Å². The van der Waals surface area contributed by atoms with E-state index >= 15 is 0 Å². The first-order chi connectivity index (χ1) is 13.2. The van der Waals surface area contributed by atoms with E-state index in [1.54, 1.807) is 7.11 Å². The molecule has 0 radical (unpaired) electrons. The highest BCUT2D eigenvalue weighted by Gasteiger charge is 2.29. The zero-order valence-corrected chi connectivity index (χ0v) is 19.1. The molecule has 1 unspecified atom stereocenters. The Kier molecular flexibility index (Phi) is 11.8. The third kappa shape index (κ3) is 8.16. The molecule has 154 valence electrons. The zero-order valence-electron chi connectivity index (χ0n) is 16.7. The van der Waals surface area contributed by atoms with E-state index in [1.807, 2.05) is 67.6 Å². The Labute approximate surface area is 185 Å². The first-order valence-corrected chi connectivity index (χ1v) is 9.51. The van der Waals surface area contributed by atoms with E-state index < -0.39 is 5.60 Å². The van der Waals surface area contributed by atoms with Crippen LogP contribution in [0.1, 0.15) is 24.5 Å². The van der Waals surface area contributed by atoms with Gasteiger partial charge in [-0.1, -0.05) is 60.7 Å². The van der Waals surface area contributed by atoms with Gasteiger partial charge in [0.25, 0.3) is 0 Å². The fourth-order valence-electron chi connectivity index (χ4n) is 2.91. The van der Waals surface area contributed by atoms with Gasteiger partial charge in [0.15, 0.2) is 5.96 Å². The summed E-state index contributed by atoms with van der Waals surface area (Å²) in [6.07, 6.45) is 1.40. The fraction of sp³-hybridized carbons (Fsp3) is 0.409. The average Bonchev–Trinajstić information content (AvgIpc) is 2.71. The van der Waals surface area contributed by atoms with Crippen LogP contribution in [-0.4, -0.2) is 44.4 Å². The number of benzene rings is 2. The lowest BCUT2D eigenvalue weighted by Crippen LogP contribution is -2.40. The largest absolute Gasteiger partial charge is 0.385 e. The van der Waals surface area contributed by atoms with Gasteiger partial charge in [-0.2, -0.15) is 0 Å². The highest BCUT2D eigenvalue weighted by Crippen LogP contribution is 2.26. The highest BCUT2D eigenvalue weighted by atomic mass is 127. The highest BCUT2D eigenvalue weighted by molar-refractivity contribution is 14.0. The topological polar surface area (TPSA) is 65.9 Å². The Balaban J connectivity index is 0.00000392. The Morgan fingerprint density at radius 2 is 1.68 bits per heavy atom. The predicted octanol–water partition coefficient (Wildman–Crippen LogP) is 3.33. The summed E-state index contributed by atoms with van der Waals surface area (Å²) in [7, 11) is 1.70. The predicted molar refractivity (Wildman–Crippen MR) is 126 cm³/mol. The molecule has 2 aromatic carbocycles. The summed E-state index contributed by atoms with van der Waals surface area (Å²) in [5.41, 5.74) is 0.877. The van der Waals surface area contributed by atoms with E-state index in [0.717, 1.165) is 30.6 Å². The number of methoxy groups -OCH3 is 1. The van der Waals surface area contributed by atoms with Crippen LogP contribution in [0, 0.1) is 0 Å². The molecule has 0 heterocycles. The van der Waals surface area contributed by atoms with Crippen LogP contribution in [0.5, 0.6) is 0 Å². The smallest absolute Gasteiger partial charge is 0.191 e. The van der Waals surface area contributed by atoms with Gasteiger partial charge in [0.05, 0.1) is 6.54 Å². The standard InChI is InChI=1S/C22H31N3O2.HI/c1-3-23-21(24-15-10-16-27-2)25-18-22(26,20-13-8-5-9-14-20)17-19-11-6-4-7-12-19;/h4-9,11-14,26H,3,10,15-18H2,1-2H3,(H2,23,24,25);1H. The van der Waals surface area contributed by atoms with Crippen molar-refractivity contribution in [2.24, 2.45) is 4.99 Å². The van der Waals surface area contributed by atoms with Crippen molar-refractivity contribution >= 4 is 29.9 Å². The first-order valence-electron chi connectivity index (χ1n) is 9.51. The molecule has 5 nitrogen and oxygen atoms in total. The molecule has 28 heavy (non-hydrogen) atoms. The number of ether oxygens (including phenoxy) is 1. The van der Waals surface area contributed by atoms with Crippen LogP contribution < -0.4 is 10.6 Å². The molecule has 1 atom stereocenters. The van der Waals surface area contributed by atoms with Crippen LogP contribution in [-0.2, 0) is 16.8 Å². The molecule has 0 saturated carbocycles. The van der Waals surface area contributed by atoms with Crippen LogP contribution in [0.3, 0.4) is 0 Å². The van der Waals surface area contributed by atoms with Gasteiger partial charge in [0.1, 0.15) is 5.60 Å². The van der Waals surface area contributed by atoms with Crippen molar-refractivity contribution in [3.63, 3.8) is 0 Å². The molecule has 6 heteroatoms. The Hall–Kier alpha value is -1.64. The minimum atomic E-state index is -1.07. The summed E-state index contributed by atoms with van der Waals surface area (Å²) in [6, 6.07) is 19.8. The molecule has 0 aliphatic rings. The maximum Gasteiger partial charge on any atom is 0.191 e. The van der Waals surface area contributed by atoms with Gasteiger partial charge in [-0.25, -0.2) is 4.99 Å². The maximum atomic E-state index is 11.5. The molecule has 0 saturated heterocycles. The van der Waals surface area contributed by atoms with Crippen LogP contribution >= 0.6 is 24.0 Å². The average molecular weight is 497 g/mol. The maximum absolute atomic E-state index is 11.5. The number of aliphatic hydroxyl groups is 1. The Bertz CT molecular complexity index is 683. The van der Waals surface area contributed by atoms with Crippen LogP contribution in [0.25, 0.3) is 0 Å². The van der Waals surface area contributed by atoms with Crippen molar-refractivity contribution in [3.8, 4) is 0 Å². The summed E-state index contributed by atoms with van der Waals surface area (Å²) >= 11 is 0. The van der Waals surface area contributed by atoms with E-state index in [0.29, 0.717) is 19.0 Å². The van der Waals surface area contributed by atoms with E-state index in [2.05, 4.69) is 15.6 Å². The van der Waals surface area contributed by atoms with E-state index in [-0.39, 0.29) is 30.5 Å². The van der Waals surface area contributed by atoms with Crippen molar-refractivity contribution in [3.05, 3.63) is 71.8 Å². The number of hydrogen-bond acceptors (Lipinski definition) is 3. The molecule has 0 aromatic heterocycles. The molecule has 2 aromatic rings. The summed E-state index contributed by atoms with van der Waals surface area (Å²) < 4.78 is 5.08. The summed E-state index contributed by atoms with van der Waals surface area (Å²) in [4.78, 5) is 4.66. The van der Waals surface area contributed by atoms with Crippen LogP contribution in [0.4, 0.5) is 0 Å². The second-order valence-electron chi connectivity index (χ2n) is 6.53. The Morgan fingerprint density at radius 1 is 1.04 bits per heavy atom. The number of halogens is 1. The third-order valence-electron chi connectivity index (χ3n) is 4.31. The van der Waals surface area contributed by atoms with E-state index in [4.69, 9.17) is 4.74 Å². The van der Waals surface area contributed by atoms with Gasteiger partial charge in [-0.15, -0.1) is 24.0 Å². The normalized spacial score (nSPS) is 13.3. The molecule has 0 amide bonds. The van der Waals surface area contributed by atoms with Gasteiger partial charge in [-0.3, -0.25) is 0 Å². The van der Waals surface area contributed by atoms with Crippen LogP contribution in [0.2, 0.25) is 0 Å². The van der Waals surface area contributed by atoms with Crippen molar-refractivity contribution in [2.75, 3.05) is 33.4 Å². The third-order valence-corrected chi connectivity index (χ3v) is 4.31. The fourth-order valence-corrected chi connectivity index (χ4v) is 2.91. The molecule has 0 spiro atoms. The molecule has 0 aliphatic carbocycles. The number of rotatable bonds is 10. The molecule has 2 rings (SSSR count). The van der Waals surface area contributed by atoms with Gasteiger partial charge in [0.2, 0.25) is 0 Å². The lowest BCUT2D eigenvalue weighted by Gasteiger charge is -2.28. The number of nitrogens with one attached hydrogen (secondary N) is 2. The molecule has 0 aliphatic heterocycles. The minimum absolute atomic E-state index is 0. The molecule has 3 N–H and O–H groups in total. The van der Waals surface area contributed by atoms with Crippen LogP contribution in [0.15, 0.2) is 65.7 Å². The van der Waals surface area contributed by atoms with Crippen molar-refractivity contribution in [1.29, 1.82) is 0 Å². The number of aliphatic imine (C=N–C) groups is 1. The number of nitrogens with zero attached hydrogens (tertiary/aromatic N) is 1. The number of guanidine groups is 1. The van der Waals surface area contributed by atoms with E-state index in [1.165, 1.54) is 0 Å². The second kappa shape index (κ2) is 13.5. The Morgan fingerprint density at radius 3 is 2.29 bits per heavy atom. The zero-order chi connectivity index (χ0) is 19.4. The summed E-state index contributed by atoms with van der Waals surface area (Å²) in [6.45, 7) is 4.53. The first kappa shape index (κ1) is 24.4. The van der Waals surface area contributed by atoms with E-state index in [9.17, 15) is 5.11 Å². The molecular formula is C22H32IN3O2. The van der Waals surface area contributed by atoms with Gasteiger partial charge < -0.3 is 20.5 Å². The summed E-state index contributed by atoms with van der Waals surface area (Å²) in [5, 5.41) is 18.0. The van der Waals surface area contributed by atoms with Gasteiger partial charge >= 0.3 is 0 Å². The van der Waals surface area contributed by atoms with Crippen molar-refractivity contribution < 1.29 is 9.84 Å². The van der Waals surface area contributed by atoms with Gasteiger partial charge in [0, 0.05) is 33.2 Å². The number of hydrogen-bond donors (Lipinski definition) is 3. The minimum Gasteiger partial charge on any atom is -0.385 e. The van der Waals surface area contributed by atoms with Crippen molar-refractivity contribution in [2.45, 2.75) is 25.4 Å². The lowest BCUT2D eigenvalue weighted by atomic mass is 9.87. The lowest BCUT2D eigenvalue weighted by molar-refractivity contribution is 0.0467.